The number of aromatic amines is 1. The molecule has 1 aromatic heterocycles. The van der Waals surface area contributed by atoms with E-state index in [1.807, 2.05) is 11.9 Å². The summed E-state index contributed by atoms with van der Waals surface area (Å²) in [5, 5.41) is 10.0. The lowest BCUT2D eigenvalue weighted by molar-refractivity contribution is -0.114. The van der Waals surface area contributed by atoms with Gasteiger partial charge < -0.3 is 23.9 Å². The van der Waals surface area contributed by atoms with Gasteiger partial charge in [-0.15, -0.1) is 0 Å². The van der Waals surface area contributed by atoms with Gasteiger partial charge >= 0.3 is 13.4 Å². The zero-order valence-electron chi connectivity index (χ0n) is 20.0. The molecule has 12 nitrogen and oxygen atoms in total. The molecule has 0 radical (unpaired) electrons. The van der Waals surface area contributed by atoms with Crippen LogP contribution in [0.15, 0.2) is 52.2 Å². The molecule has 0 bridgehead atoms. The Morgan fingerprint density at radius 2 is 2.05 bits per heavy atom. The van der Waals surface area contributed by atoms with E-state index in [0.717, 1.165) is 12.3 Å². The highest BCUT2D eigenvalue weighted by molar-refractivity contribution is 7.52. The molecule has 1 saturated heterocycles. The Balaban J connectivity index is 1.82. The lowest BCUT2D eigenvalue weighted by atomic mass is 10.1. The molecule has 1 aliphatic rings. The fourth-order valence-corrected chi connectivity index (χ4v) is 5.37. The van der Waals surface area contributed by atoms with Crippen LogP contribution in [0.2, 0.25) is 0 Å². The molecule has 0 spiro atoms. The summed E-state index contributed by atoms with van der Waals surface area (Å²) < 4.78 is 51.5. The number of hydrogen-bond acceptors (Lipinski definition) is 9. The number of nitrogens with zero attached hydrogens (tertiary/aromatic N) is 1. The number of aldehydes is 1. The number of para-hydroxylation sites is 1. The number of nitrogens with one attached hydrogen (secondary N) is 2. The molecule has 37 heavy (non-hydrogen) atoms. The Morgan fingerprint density at radius 1 is 1.35 bits per heavy atom. The van der Waals surface area contributed by atoms with Crippen molar-refractivity contribution in [3.05, 3.63) is 63.4 Å². The molecule has 0 aliphatic carbocycles. The predicted molar refractivity (Wildman–Crippen MR) is 130 cm³/mol. The molecular weight excluding hydrogens is 536 g/mol. The minimum atomic E-state index is -4.39. The van der Waals surface area contributed by atoms with E-state index in [1.54, 1.807) is 18.2 Å². The first-order valence-corrected chi connectivity index (χ1v) is 13.2. The Bertz CT molecular complexity index is 1230. The number of carbonyl (C=O) groups is 1. The largest absolute Gasteiger partial charge is 0.459 e. The van der Waals surface area contributed by atoms with Gasteiger partial charge in [-0.3, -0.25) is 18.9 Å². The van der Waals surface area contributed by atoms with Gasteiger partial charge in [0.05, 0.1) is 13.2 Å². The highest BCUT2D eigenvalue weighted by Crippen LogP contribution is 2.49. The SMILES string of the molecule is CCCOCC(C)(C=O)NP(=O)(OC[C@H]1O[C@H](n2ccc(=O)[nH]c2=O)[C@@](F)(Cl)[C@@H]1O)Oc1ccccc1. The summed E-state index contributed by atoms with van der Waals surface area (Å²) in [6.07, 6.45) is -3.31. The van der Waals surface area contributed by atoms with Crippen molar-refractivity contribution in [1.29, 1.82) is 0 Å². The van der Waals surface area contributed by atoms with Gasteiger partial charge in [-0.25, -0.2) is 13.8 Å². The first kappa shape index (κ1) is 29.2. The number of carbonyl (C=O) groups excluding carboxylic acids is 1. The van der Waals surface area contributed by atoms with Crippen molar-refractivity contribution in [2.24, 2.45) is 0 Å². The van der Waals surface area contributed by atoms with E-state index in [0.29, 0.717) is 23.9 Å². The fraction of sp³-hybridized carbons (Fsp3) is 0.500. The van der Waals surface area contributed by atoms with Crippen LogP contribution in [0.25, 0.3) is 0 Å². The zero-order chi connectivity index (χ0) is 27.3. The Kier molecular flexibility index (Phi) is 9.46. The maximum atomic E-state index is 15.3. The third kappa shape index (κ3) is 7.14. The monoisotopic (exact) mass is 563 g/mol. The van der Waals surface area contributed by atoms with Gasteiger partial charge in [0.2, 0.25) is 0 Å². The minimum absolute atomic E-state index is 0.129. The van der Waals surface area contributed by atoms with E-state index in [2.05, 4.69) is 5.09 Å². The second-order valence-corrected chi connectivity index (χ2v) is 10.8. The zero-order valence-corrected chi connectivity index (χ0v) is 21.7. The number of halogens is 2. The summed E-state index contributed by atoms with van der Waals surface area (Å²) >= 11 is 5.88. The maximum Gasteiger partial charge on any atom is 0.459 e. The molecule has 1 fully saturated rings. The average molecular weight is 564 g/mol. The lowest BCUT2D eigenvalue weighted by Gasteiger charge is -2.30. The number of aliphatic hydroxyl groups excluding tert-OH is 1. The van der Waals surface area contributed by atoms with Crippen LogP contribution in [0, 0.1) is 0 Å². The minimum Gasteiger partial charge on any atom is -0.413 e. The summed E-state index contributed by atoms with van der Waals surface area (Å²) in [6.45, 7) is 2.75. The second-order valence-electron chi connectivity index (χ2n) is 8.56. The molecule has 3 N–H and O–H groups in total. The number of aliphatic hydroxyl groups is 1. The first-order chi connectivity index (χ1) is 17.4. The molecule has 2 unspecified atom stereocenters. The summed E-state index contributed by atoms with van der Waals surface area (Å²) in [7, 11) is -4.39. The number of benzene rings is 1. The number of alkyl halides is 2. The van der Waals surface area contributed by atoms with E-state index >= 15 is 4.39 Å². The lowest BCUT2D eigenvalue weighted by Crippen LogP contribution is -2.47. The number of rotatable bonds is 13. The van der Waals surface area contributed by atoms with Crippen molar-refractivity contribution < 1.29 is 37.4 Å². The van der Waals surface area contributed by atoms with Crippen LogP contribution in [0.4, 0.5) is 4.39 Å². The van der Waals surface area contributed by atoms with Crippen LogP contribution in [0.3, 0.4) is 0 Å². The van der Waals surface area contributed by atoms with Crippen LogP contribution in [0.5, 0.6) is 5.75 Å². The summed E-state index contributed by atoms with van der Waals surface area (Å²) in [4.78, 5) is 37.2. The summed E-state index contributed by atoms with van der Waals surface area (Å²) in [6, 6.07) is 8.86. The highest BCUT2D eigenvalue weighted by Gasteiger charge is 2.58. The van der Waals surface area contributed by atoms with E-state index < -0.39 is 54.7 Å². The third-order valence-corrected chi connectivity index (χ3v) is 7.40. The molecule has 0 amide bonds. The smallest absolute Gasteiger partial charge is 0.413 e. The van der Waals surface area contributed by atoms with Crippen molar-refractivity contribution in [1.82, 2.24) is 14.6 Å². The Labute approximate surface area is 216 Å². The van der Waals surface area contributed by atoms with E-state index in [1.165, 1.54) is 19.1 Å². The van der Waals surface area contributed by atoms with Gasteiger partial charge in [-0.2, -0.15) is 5.09 Å². The summed E-state index contributed by atoms with van der Waals surface area (Å²) in [5.74, 6) is 0.129. The predicted octanol–water partition coefficient (Wildman–Crippen LogP) is 1.88. The maximum absolute atomic E-state index is 15.3. The molecule has 15 heteroatoms. The number of ether oxygens (including phenoxy) is 2. The fourth-order valence-electron chi connectivity index (χ4n) is 3.43. The molecule has 204 valence electrons. The van der Waals surface area contributed by atoms with Crippen molar-refractivity contribution in [2.45, 2.75) is 49.4 Å². The van der Waals surface area contributed by atoms with Gasteiger partial charge in [-0.05, 0) is 25.5 Å². The van der Waals surface area contributed by atoms with Crippen molar-refractivity contribution >= 4 is 25.6 Å². The van der Waals surface area contributed by atoms with Crippen LogP contribution >= 0.6 is 19.3 Å². The van der Waals surface area contributed by atoms with Crippen LogP contribution < -0.4 is 20.9 Å². The molecule has 3 rings (SSSR count). The van der Waals surface area contributed by atoms with Crippen LogP contribution in [-0.4, -0.2) is 63.6 Å². The average Bonchev–Trinajstić information content (AvgIpc) is 3.07. The second kappa shape index (κ2) is 12.0. The molecular formula is C22H28ClFN3O9P. The quantitative estimate of drug-likeness (QED) is 0.142. The van der Waals surface area contributed by atoms with Gasteiger partial charge in [0, 0.05) is 18.9 Å². The molecule has 2 heterocycles. The topological polar surface area (TPSA) is 158 Å². The number of H-pyrrole nitrogens is 1. The highest BCUT2D eigenvalue weighted by atomic mass is 35.5. The molecule has 1 aliphatic heterocycles. The van der Waals surface area contributed by atoms with E-state index in [-0.39, 0.29) is 12.4 Å². The number of hydrogen-bond donors (Lipinski definition) is 3. The normalized spacial score (nSPS) is 26.8. The van der Waals surface area contributed by atoms with Gasteiger partial charge in [0.1, 0.15) is 29.8 Å². The molecule has 6 atom stereocenters. The van der Waals surface area contributed by atoms with Gasteiger partial charge in [-0.1, -0.05) is 36.7 Å². The Hall–Kier alpha value is -2.38. The molecule has 2 aromatic rings. The van der Waals surface area contributed by atoms with E-state index in [4.69, 9.17) is 30.1 Å². The van der Waals surface area contributed by atoms with Gasteiger partial charge in [0.15, 0.2) is 6.23 Å². The van der Waals surface area contributed by atoms with E-state index in [9.17, 15) is 24.1 Å². The number of aromatic nitrogens is 2. The third-order valence-electron chi connectivity index (χ3n) is 5.26. The summed E-state index contributed by atoms with van der Waals surface area (Å²) in [5.41, 5.74) is -3.26. The molecule has 1 aromatic carbocycles. The van der Waals surface area contributed by atoms with Crippen LogP contribution in [0.1, 0.15) is 26.5 Å². The van der Waals surface area contributed by atoms with Crippen molar-refractivity contribution in [2.75, 3.05) is 19.8 Å². The van der Waals surface area contributed by atoms with Crippen LogP contribution in [-0.2, 0) is 23.4 Å². The Morgan fingerprint density at radius 3 is 2.68 bits per heavy atom. The van der Waals surface area contributed by atoms with Crippen molar-refractivity contribution in [3.8, 4) is 5.75 Å². The molecule has 0 saturated carbocycles. The first-order valence-electron chi connectivity index (χ1n) is 11.3. The van der Waals surface area contributed by atoms with Crippen molar-refractivity contribution in [3.63, 3.8) is 0 Å². The standard InChI is InChI=1S/C22H28ClFN3O9P/c1-3-11-33-14-21(2,13-28)26-37(32,36-15-7-5-4-6-8-15)34-12-16-18(30)22(23,24)19(35-16)27-10-9-17(29)25-20(27)31/h4-10,13,16,18-19,30H,3,11-12,14H2,1-2H3,(H,26,32)(H,25,29,31)/t16-,18-,19+,21?,22-,37?/m1/s1. The van der Waals surface area contributed by atoms with Gasteiger partial charge in [0.25, 0.3) is 10.7 Å².